The third-order valence-electron chi connectivity index (χ3n) is 0. The minimum atomic E-state index is -1.83. The van der Waals surface area contributed by atoms with Crippen molar-refractivity contribution < 1.29 is 95.8 Å². The molecule has 0 fully saturated rings. The Labute approximate surface area is 107 Å². The molecule has 0 aliphatic carbocycles. The topological polar surface area (TPSA) is 115 Å². The standard InChI is InChI=1S/2CH2O3.Sc.Th/c2*2-1(3)4;;/h2*(H2,2,3,4);;. The first-order chi connectivity index (χ1) is 3.46. The third-order valence-corrected chi connectivity index (χ3v) is 0. The molecular weight excluding hydrogens is 397 g/mol. The summed E-state index contributed by atoms with van der Waals surface area (Å²) in [5.41, 5.74) is 0. The number of carbonyl (C=O) groups is 2. The van der Waals surface area contributed by atoms with Crippen LogP contribution in [0.15, 0.2) is 0 Å². The van der Waals surface area contributed by atoms with Crippen LogP contribution >= 0.6 is 0 Å². The maximum Gasteiger partial charge on any atom is 0.503 e. The second kappa shape index (κ2) is 16.4. The van der Waals surface area contributed by atoms with E-state index in [-0.39, 0.29) is 65.8 Å². The van der Waals surface area contributed by atoms with E-state index in [1.165, 1.54) is 0 Å². The predicted molar refractivity (Wildman–Crippen MR) is 21.3 cm³/mol. The Bertz CT molecular complexity index is 73.7. The summed E-state index contributed by atoms with van der Waals surface area (Å²) in [4.78, 5) is 17.1. The maximum absolute atomic E-state index is 8.56. The van der Waals surface area contributed by atoms with Crippen LogP contribution in [-0.4, -0.2) is 32.7 Å². The van der Waals surface area contributed by atoms with E-state index >= 15 is 0 Å². The molecule has 0 saturated heterocycles. The van der Waals surface area contributed by atoms with E-state index in [0.29, 0.717) is 0 Å². The Hall–Kier alpha value is 0.735. The van der Waals surface area contributed by atoms with Crippen LogP contribution in [0.2, 0.25) is 0 Å². The molecule has 0 aliphatic rings. The molecule has 0 aliphatic heterocycles. The van der Waals surface area contributed by atoms with Crippen LogP contribution < -0.4 is 0 Å². The van der Waals surface area contributed by atoms with Crippen molar-refractivity contribution in [1.29, 1.82) is 0 Å². The Morgan fingerprint density at radius 3 is 0.800 bits per heavy atom. The van der Waals surface area contributed by atoms with Crippen molar-refractivity contribution in [2.24, 2.45) is 0 Å². The smallest absolute Gasteiger partial charge is 0.450 e. The fraction of sp³-hybridized carbons (Fsp3) is 0. The van der Waals surface area contributed by atoms with Gasteiger partial charge in [0.05, 0.1) is 0 Å². The average molecular weight is 401 g/mol. The Morgan fingerprint density at radius 1 is 0.800 bits per heavy atom. The number of carboxylic acid groups (broad SMARTS) is 4. The zero-order valence-electron chi connectivity index (χ0n) is 4.68. The summed E-state index contributed by atoms with van der Waals surface area (Å²) in [6.07, 6.45) is -3.67. The van der Waals surface area contributed by atoms with Gasteiger partial charge < -0.3 is 20.4 Å². The molecule has 0 spiro atoms. The van der Waals surface area contributed by atoms with Gasteiger partial charge in [-0.3, -0.25) is 0 Å². The molecule has 8 heteroatoms. The van der Waals surface area contributed by atoms with E-state index in [1.54, 1.807) is 0 Å². The van der Waals surface area contributed by atoms with E-state index in [0.717, 1.165) is 0 Å². The van der Waals surface area contributed by atoms with Crippen molar-refractivity contribution in [3.8, 4) is 0 Å². The fourth-order valence-corrected chi connectivity index (χ4v) is 0. The van der Waals surface area contributed by atoms with E-state index in [2.05, 4.69) is 0 Å². The largest absolute Gasteiger partial charge is 0.503 e. The fourth-order valence-electron chi connectivity index (χ4n) is 0. The zero-order valence-corrected chi connectivity index (χ0v) is 10.6. The van der Waals surface area contributed by atoms with Gasteiger partial charge in [0.1, 0.15) is 0 Å². The van der Waals surface area contributed by atoms with Gasteiger partial charge in [-0.1, -0.05) is 0 Å². The minimum absolute atomic E-state index is 0. The second-order valence-corrected chi connectivity index (χ2v) is 0.565. The summed E-state index contributed by atoms with van der Waals surface area (Å²) in [7, 11) is 0. The first-order valence-electron chi connectivity index (χ1n) is 1.30. The van der Waals surface area contributed by atoms with Crippen LogP contribution in [0.1, 0.15) is 0 Å². The molecule has 0 unspecified atom stereocenters. The molecule has 0 rings (SSSR count). The van der Waals surface area contributed by atoms with E-state index in [9.17, 15) is 0 Å². The number of rotatable bonds is 0. The van der Waals surface area contributed by atoms with Gasteiger partial charge in [0.2, 0.25) is 0 Å². The van der Waals surface area contributed by atoms with Gasteiger partial charge in [0, 0.05) is 65.8 Å². The molecular formula is C2H4O6ScTh. The summed E-state index contributed by atoms with van der Waals surface area (Å²) < 4.78 is 0. The van der Waals surface area contributed by atoms with Crippen LogP contribution in [-0.2, 0) is 25.8 Å². The van der Waals surface area contributed by atoms with Crippen LogP contribution in [0.3, 0.4) is 0 Å². The summed E-state index contributed by atoms with van der Waals surface area (Å²) in [6, 6.07) is 0. The molecule has 0 aromatic carbocycles. The predicted octanol–water partition coefficient (Wildman–Crippen LogP) is 0.442. The molecule has 10 heavy (non-hydrogen) atoms. The summed E-state index contributed by atoms with van der Waals surface area (Å²) in [6.45, 7) is 0. The first-order valence-corrected chi connectivity index (χ1v) is 1.30. The van der Waals surface area contributed by atoms with Crippen molar-refractivity contribution >= 4 is 12.3 Å². The van der Waals surface area contributed by atoms with E-state index < -0.39 is 12.3 Å². The molecule has 0 aromatic rings. The third kappa shape index (κ3) is 968. The van der Waals surface area contributed by atoms with Crippen molar-refractivity contribution in [2.45, 2.75) is 0 Å². The molecule has 4 N–H and O–H groups in total. The van der Waals surface area contributed by atoms with Crippen LogP contribution in [0.4, 0.5) is 9.59 Å². The van der Waals surface area contributed by atoms with Crippen molar-refractivity contribution in [1.82, 2.24) is 0 Å². The number of hydrogen-bond acceptors (Lipinski definition) is 2. The molecule has 0 aromatic heterocycles. The zero-order chi connectivity index (χ0) is 7.15. The Balaban J connectivity index is -0.0000000300. The average Bonchev–Trinajstić information content (AvgIpc) is 1.25. The van der Waals surface area contributed by atoms with Gasteiger partial charge in [-0.05, 0) is 0 Å². The summed E-state index contributed by atoms with van der Waals surface area (Å²) in [5, 5.41) is 27.9. The summed E-state index contributed by atoms with van der Waals surface area (Å²) in [5.74, 6) is 0. The van der Waals surface area contributed by atoms with Crippen molar-refractivity contribution in [2.75, 3.05) is 0 Å². The minimum Gasteiger partial charge on any atom is -0.450 e. The van der Waals surface area contributed by atoms with Crippen molar-refractivity contribution in [3.05, 3.63) is 0 Å². The monoisotopic (exact) mass is 401 g/mol. The Morgan fingerprint density at radius 2 is 0.800 bits per heavy atom. The van der Waals surface area contributed by atoms with Crippen LogP contribution in [0, 0.1) is 39.9 Å². The van der Waals surface area contributed by atoms with Gasteiger partial charge in [0.15, 0.2) is 0 Å². The van der Waals surface area contributed by atoms with E-state index in [1.807, 2.05) is 0 Å². The van der Waals surface area contributed by atoms with Crippen LogP contribution in [0.25, 0.3) is 0 Å². The molecule has 0 amide bonds. The van der Waals surface area contributed by atoms with Crippen LogP contribution in [0.5, 0.6) is 0 Å². The van der Waals surface area contributed by atoms with Gasteiger partial charge >= 0.3 is 12.3 Å². The van der Waals surface area contributed by atoms with Gasteiger partial charge in [0.25, 0.3) is 0 Å². The second-order valence-electron chi connectivity index (χ2n) is 0.565. The molecule has 6 nitrogen and oxygen atoms in total. The molecule has 1 radical (unpaired) electrons. The molecule has 0 atom stereocenters. The quantitative estimate of drug-likeness (QED) is 0.469. The maximum atomic E-state index is 8.56. The SMILES string of the molecule is O=C(O)O.O=C(O)O.[Sc].[Th]. The first kappa shape index (κ1) is 22.4. The molecule has 0 bridgehead atoms. The van der Waals surface area contributed by atoms with Gasteiger partial charge in [-0.15, -0.1) is 0 Å². The van der Waals surface area contributed by atoms with Gasteiger partial charge in [-0.2, -0.15) is 0 Å². The van der Waals surface area contributed by atoms with Gasteiger partial charge in [-0.25, -0.2) is 9.59 Å². The molecule has 0 saturated carbocycles. The Kier molecular flexibility index (Phi) is 36.7. The number of hydrogen-bond donors (Lipinski definition) is 4. The summed E-state index contributed by atoms with van der Waals surface area (Å²) >= 11 is 0. The molecule has 55 valence electrons. The van der Waals surface area contributed by atoms with Crippen molar-refractivity contribution in [3.63, 3.8) is 0 Å². The normalized spacial score (nSPS) is 4.80. The van der Waals surface area contributed by atoms with E-state index in [4.69, 9.17) is 30.0 Å². The molecule has 0 heterocycles.